The van der Waals surface area contributed by atoms with Crippen molar-refractivity contribution in [3.05, 3.63) is 0 Å². The average Bonchev–Trinajstić information content (AvgIpc) is 2.17. The molecule has 0 aromatic carbocycles. The molecule has 0 fully saturated rings. The van der Waals surface area contributed by atoms with E-state index in [0.717, 1.165) is 25.7 Å². The van der Waals surface area contributed by atoms with Gasteiger partial charge >= 0.3 is 7.32 Å². The molecule has 0 saturated carbocycles. The summed E-state index contributed by atoms with van der Waals surface area (Å²) in [5.74, 6) is 0. The van der Waals surface area contributed by atoms with Gasteiger partial charge in [0.05, 0.1) is 0 Å². The lowest BCUT2D eigenvalue weighted by Gasteiger charge is -2.16. The zero-order chi connectivity index (χ0) is 11.5. The van der Waals surface area contributed by atoms with Gasteiger partial charge in [-0.3, -0.25) is 0 Å². The summed E-state index contributed by atoms with van der Waals surface area (Å²) in [7, 11) is -0.483. The Hall–Kier alpha value is -0.0551. The largest absolute Gasteiger partial charge is 0.639 e. The molecule has 0 atom stereocenters. The molecule has 3 nitrogen and oxygen atoms in total. The Morgan fingerprint density at radius 1 is 0.933 bits per heavy atom. The van der Waals surface area contributed by atoms with Crippen molar-refractivity contribution in [2.75, 3.05) is 13.2 Å². The molecule has 0 spiro atoms. The third kappa shape index (κ3) is 10.2. The second-order valence-electron chi connectivity index (χ2n) is 3.92. The van der Waals surface area contributed by atoms with Crippen LogP contribution < -0.4 is 0 Å². The standard InChI is InChI=1S/C11H25BO3/c1-5-7-9-13-12(15-11(3)4)14-10-8-6-2/h11H,5-10H2,1-4H3. The summed E-state index contributed by atoms with van der Waals surface area (Å²) in [6.45, 7) is 9.66. The maximum absolute atomic E-state index is 5.50. The van der Waals surface area contributed by atoms with Crippen LogP contribution in [0.25, 0.3) is 0 Å². The van der Waals surface area contributed by atoms with E-state index in [-0.39, 0.29) is 6.10 Å². The van der Waals surface area contributed by atoms with Crippen molar-refractivity contribution in [3.63, 3.8) is 0 Å². The maximum Gasteiger partial charge on any atom is 0.639 e. The molecular formula is C11H25BO3. The van der Waals surface area contributed by atoms with Crippen molar-refractivity contribution in [1.29, 1.82) is 0 Å². The van der Waals surface area contributed by atoms with Gasteiger partial charge in [-0.1, -0.05) is 26.7 Å². The Kier molecular flexibility index (Phi) is 10.4. The zero-order valence-electron chi connectivity index (χ0n) is 10.6. The molecule has 0 radical (unpaired) electrons. The Morgan fingerprint density at radius 3 is 1.73 bits per heavy atom. The van der Waals surface area contributed by atoms with E-state index in [1.807, 2.05) is 13.8 Å². The first kappa shape index (κ1) is 14.9. The van der Waals surface area contributed by atoms with Gasteiger partial charge in [-0.15, -0.1) is 0 Å². The molecule has 15 heavy (non-hydrogen) atoms. The van der Waals surface area contributed by atoms with Gasteiger partial charge in [-0.2, -0.15) is 0 Å². The van der Waals surface area contributed by atoms with Crippen LogP contribution in [0.3, 0.4) is 0 Å². The fraction of sp³-hybridized carbons (Fsp3) is 1.00. The van der Waals surface area contributed by atoms with Crippen molar-refractivity contribution < 1.29 is 14.0 Å². The number of hydrogen-bond donors (Lipinski definition) is 0. The van der Waals surface area contributed by atoms with Gasteiger partial charge in [0.1, 0.15) is 0 Å². The first-order valence-corrected chi connectivity index (χ1v) is 6.09. The first-order valence-electron chi connectivity index (χ1n) is 6.09. The van der Waals surface area contributed by atoms with Crippen LogP contribution in [0.4, 0.5) is 0 Å². The molecule has 0 heterocycles. The van der Waals surface area contributed by atoms with Crippen LogP contribution in [0.5, 0.6) is 0 Å². The fourth-order valence-electron chi connectivity index (χ4n) is 0.997. The minimum Gasteiger partial charge on any atom is -0.386 e. The highest BCUT2D eigenvalue weighted by atomic mass is 16.7. The van der Waals surface area contributed by atoms with Crippen molar-refractivity contribution in [2.24, 2.45) is 0 Å². The summed E-state index contributed by atoms with van der Waals surface area (Å²) in [6, 6.07) is 0. The fourth-order valence-corrected chi connectivity index (χ4v) is 0.997. The van der Waals surface area contributed by atoms with Gasteiger partial charge in [0.2, 0.25) is 0 Å². The normalized spacial score (nSPS) is 11.0. The number of unbranched alkanes of at least 4 members (excludes halogenated alkanes) is 2. The van der Waals surface area contributed by atoms with Gasteiger partial charge in [-0.05, 0) is 26.7 Å². The highest BCUT2D eigenvalue weighted by molar-refractivity contribution is 6.36. The molecular weight excluding hydrogens is 191 g/mol. The van der Waals surface area contributed by atoms with Gasteiger partial charge in [0, 0.05) is 19.3 Å². The van der Waals surface area contributed by atoms with Crippen LogP contribution in [0.2, 0.25) is 0 Å². The molecule has 0 amide bonds. The number of rotatable bonds is 10. The van der Waals surface area contributed by atoms with E-state index < -0.39 is 7.32 Å². The van der Waals surface area contributed by atoms with E-state index in [1.165, 1.54) is 0 Å². The van der Waals surface area contributed by atoms with Crippen LogP contribution in [0.15, 0.2) is 0 Å². The van der Waals surface area contributed by atoms with Crippen LogP contribution in [-0.2, 0) is 14.0 Å². The Bertz CT molecular complexity index is 121. The van der Waals surface area contributed by atoms with E-state index >= 15 is 0 Å². The summed E-state index contributed by atoms with van der Waals surface area (Å²) in [5, 5.41) is 0. The predicted octanol–water partition coefficient (Wildman–Crippen LogP) is 3.03. The topological polar surface area (TPSA) is 27.7 Å². The Morgan fingerprint density at radius 2 is 1.40 bits per heavy atom. The minimum atomic E-state index is -0.483. The van der Waals surface area contributed by atoms with Crippen LogP contribution in [-0.4, -0.2) is 26.6 Å². The average molecular weight is 216 g/mol. The van der Waals surface area contributed by atoms with Gasteiger partial charge in [0.15, 0.2) is 0 Å². The summed E-state index contributed by atoms with van der Waals surface area (Å²) >= 11 is 0. The van der Waals surface area contributed by atoms with Crippen molar-refractivity contribution in [2.45, 2.75) is 59.5 Å². The second kappa shape index (κ2) is 10.5. The third-order valence-electron chi connectivity index (χ3n) is 1.89. The number of hydrogen-bond acceptors (Lipinski definition) is 3. The smallest absolute Gasteiger partial charge is 0.386 e. The van der Waals surface area contributed by atoms with Gasteiger partial charge < -0.3 is 14.0 Å². The Balaban J connectivity index is 3.63. The quantitative estimate of drug-likeness (QED) is 0.415. The van der Waals surface area contributed by atoms with Gasteiger partial charge in [-0.25, -0.2) is 0 Å². The van der Waals surface area contributed by atoms with E-state index in [9.17, 15) is 0 Å². The molecule has 90 valence electrons. The highest BCUT2D eigenvalue weighted by Crippen LogP contribution is 2.01. The van der Waals surface area contributed by atoms with Crippen LogP contribution >= 0.6 is 0 Å². The molecule has 4 heteroatoms. The summed E-state index contributed by atoms with van der Waals surface area (Å²) in [6.07, 6.45) is 4.50. The molecule has 0 aliphatic carbocycles. The summed E-state index contributed by atoms with van der Waals surface area (Å²) in [5.41, 5.74) is 0. The van der Waals surface area contributed by atoms with Crippen LogP contribution in [0.1, 0.15) is 53.4 Å². The molecule has 0 aliphatic rings. The van der Waals surface area contributed by atoms with E-state index in [2.05, 4.69) is 13.8 Å². The second-order valence-corrected chi connectivity index (χ2v) is 3.92. The lowest BCUT2D eigenvalue weighted by molar-refractivity contribution is 0.0682. The molecule has 0 rings (SSSR count). The molecule has 0 N–H and O–H groups in total. The molecule has 0 unspecified atom stereocenters. The van der Waals surface area contributed by atoms with Crippen LogP contribution in [0, 0.1) is 0 Å². The van der Waals surface area contributed by atoms with Crippen molar-refractivity contribution in [1.82, 2.24) is 0 Å². The van der Waals surface area contributed by atoms with E-state index in [1.54, 1.807) is 0 Å². The monoisotopic (exact) mass is 216 g/mol. The lowest BCUT2D eigenvalue weighted by atomic mass is 10.2. The minimum absolute atomic E-state index is 0.137. The van der Waals surface area contributed by atoms with Crippen molar-refractivity contribution in [3.8, 4) is 0 Å². The SMILES string of the molecule is CCCCOB(OCCCC)OC(C)C. The zero-order valence-corrected chi connectivity index (χ0v) is 10.6. The molecule has 0 bridgehead atoms. The molecule has 0 saturated heterocycles. The summed E-state index contributed by atoms with van der Waals surface area (Å²) in [4.78, 5) is 0. The van der Waals surface area contributed by atoms with E-state index in [4.69, 9.17) is 14.0 Å². The first-order chi connectivity index (χ1) is 7.20. The van der Waals surface area contributed by atoms with E-state index in [0.29, 0.717) is 13.2 Å². The highest BCUT2D eigenvalue weighted by Gasteiger charge is 2.22. The summed E-state index contributed by atoms with van der Waals surface area (Å²) < 4.78 is 16.5. The Labute approximate surface area is 94.7 Å². The molecule has 0 aliphatic heterocycles. The lowest BCUT2D eigenvalue weighted by Crippen LogP contribution is -2.31. The maximum atomic E-state index is 5.50. The van der Waals surface area contributed by atoms with Gasteiger partial charge in [0.25, 0.3) is 0 Å². The molecule has 0 aromatic heterocycles. The van der Waals surface area contributed by atoms with Crippen molar-refractivity contribution >= 4 is 7.32 Å². The third-order valence-corrected chi connectivity index (χ3v) is 1.89. The molecule has 0 aromatic rings. The predicted molar refractivity (Wildman–Crippen MR) is 63.7 cm³/mol.